The molecule has 116 valence electrons. The monoisotopic (exact) mass is 307 g/mol. The number of carboxylic acid groups (broad SMARTS) is 1. The third kappa shape index (κ3) is 2.64. The molecular formula is C18H17N3O2. The third-order valence-electron chi connectivity index (χ3n) is 4.24. The molecule has 0 radical (unpaired) electrons. The van der Waals surface area contributed by atoms with Gasteiger partial charge in [0.1, 0.15) is 6.04 Å². The number of fused-ring (bicyclic) bond motifs is 1. The van der Waals surface area contributed by atoms with Crippen LogP contribution in [0.2, 0.25) is 0 Å². The van der Waals surface area contributed by atoms with Crippen LogP contribution >= 0.6 is 0 Å². The largest absolute Gasteiger partial charge is 0.480 e. The van der Waals surface area contributed by atoms with Gasteiger partial charge >= 0.3 is 5.97 Å². The molecule has 0 spiro atoms. The summed E-state index contributed by atoms with van der Waals surface area (Å²) in [4.78, 5) is 15.7. The fourth-order valence-corrected chi connectivity index (χ4v) is 3.11. The van der Waals surface area contributed by atoms with Crippen molar-refractivity contribution in [1.82, 2.24) is 9.55 Å². The second kappa shape index (κ2) is 6.09. The van der Waals surface area contributed by atoms with Gasteiger partial charge in [-0.15, -0.1) is 0 Å². The van der Waals surface area contributed by atoms with Gasteiger partial charge in [0.05, 0.1) is 29.9 Å². The van der Waals surface area contributed by atoms with Crippen molar-refractivity contribution in [1.29, 1.82) is 5.26 Å². The number of benzene rings is 1. The molecule has 5 nitrogen and oxygen atoms in total. The van der Waals surface area contributed by atoms with Crippen LogP contribution in [0.3, 0.4) is 0 Å². The Kier molecular flexibility index (Phi) is 3.98. The summed E-state index contributed by atoms with van der Waals surface area (Å²) in [7, 11) is 0. The number of aliphatic carboxylic acids is 1. The zero-order valence-electron chi connectivity index (χ0n) is 12.9. The number of hydrogen-bond donors (Lipinski definition) is 1. The van der Waals surface area contributed by atoms with E-state index >= 15 is 0 Å². The Morgan fingerprint density at radius 1 is 1.52 bits per heavy atom. The molecule has 1 unspecified atom stereocenters. The van der Waals surface area contributed by atoms with Crippen molar-refractivity contribution in [2.75, 3.05) is 0 Å². The number of carboxylic acids is 1. The Hall–Kier alpha value is -2.87. The van der Waals surface area contributed by atoms with E-state index in [1.165, 1.54) is 0 Å². The molecule has 1 aliphatic rings. The lowest BCUT2D eigenvalue weighted by Gasteiger charge is -2.21. The molecule has 0 amide bonds. The highest BCUT2D eigenvalue weighted by atomic mass is 16.4. The Balaban J connectivity index is 2.09. The van der Waals surface area contributed by atoms with Crippen molar-refractivity contribution in [2.45, 2.75) is 32.2 Å². The van der Waals surface area contributed by atoms with Crippen molar-refractivity contribution in [3.63, 3.8) is 0 Å². The van der Waals surface area contributed by atoms with Gasteiger partial charge < -0.3 is 9.67 Å². The Bertz CT molecular complexity index is 827. The Morgan fingerprint density at radius 3 is 3.04 bits per heavy atom. The maximum atomic E-state index is 11.5. The fraction of sp³-hybridized carbons (Fsp3) is 0.278. The Labute approximate surface area is 134 Å². The number of hydrogen-bond acceptors (Lipinski definition) is 3. The lowest BCUT2D eigenvalue weighted by Crippen LogP contribution is -2.20. The van der Waals surface area contributed by atoms with Gasteiger partial charge in [-0.2, -0.15) is 5.26 Å². The first-order valence-corrected chi connectivity index (χ1v) is 7.64. The van der Waals surface area contributed by atoms with Gasteiger partial charge in [0.2, 0.25) is 0 Å². The van der Waals surface area contributed by atoms with Gasteiger partial charge in [-0.1, -0.05) is 19.1 Å². The van der Waals surface area contributed by atoms with Gasteiger partial charge in [0, 0.05) is 5.57 Å². The summed E-state index contributed by atoms with van der Waals surface area (Å²) in [5.74, 6) is -0.858. The molecule has 0 bridgehead atoms. The topological polar surface area (TPSA) is 78.9 Å². The molecule has 1 aromatic heterocycles. The lowest BCUT2D eigenvalue weighted by atomic mass is 9.88. The second-order valence-electron chi connectivity index (χ2n) is 5.59. The fourth-order valence-electron chi connectivity index (χ4n) is 3.11. The molecule has 0 saturated carbocycles. The molecule has 1 heterocycles. The van der Waals surface area contributed by atoms with Gasteiger partial charge in [-0.25, -0.2) is 9.78 Å². The molecule has 0 saturated heterocycles. The number of aromatic nitrogens is 2. The predicted octanol–water partition coefficient (Wildman–Crippen LogP) is 3.17. The highest BCUT2D eigenvalue weighted by Crippen LogP contribution is 2.33. The first-order chi connectivity index (χ1) is 11.2. The second-order valence-corrected chi connectivity index (χ2v) is 5.59. The summed E-state index contributed by atoms with van der Waals surface area (Å²) in [5, 5.41) is 18.5. The van der Waals surface area contributed by atoms with Gasteiger partial charge in [0.25, 0.3) is 0 Å². The molecule has 5 heteroatoms. The molecule has 1 N–H and O–H groups in total. The number of nitriles is 1. The average molecular weight is 307 g/mol. The summed E-state index contributed by atoms with van der Waals surface area (Å²) in [6, 6.07) is 7.19. The quantitative estimate of drug-likeness (QED) is 0.941. The zero-order valence-corrected chi connectivity index (χ0v) is 12.9. The third-order valence-corrected chi connectivity index (χ3v) is 4.24. The van der Waals surface area contributed by atoms with Crippen LogP contribution in [0.1, 0.15) is 48.2 Å². The van der Waals surface area contributed by atoms with Crippen LogP contribution in [-0.4, -0.2) is 20.6 Å². The summed E-state index contributed by atoms with van der Waals surface area (Å²) in [6.07, 6.45) is 7.66. The number of aryl methyl sites for hydroxylation is 1. The summed E-state index contributed by atoms with van der Waals surface area (Å²) in [5.41, 5.74) is 4.63. The minimum Gasteiger partial charge on any atom is -0.480 e. The SMILES string of the molecule is CCC(C(=O)O)n1cncc1C1=CCCc2cc(C#N)ccc21. The molecule has 0 aliphatic heterocycles. The van der Waals surface area contributed by atoms with Crippen LogP contribution in [0, 0.1) is 11.3 Å². The van der Waals surface area contributed by atoms with Gasteiger partial charge in [-0.05, 0) is 42.5 Å². The number of carbonyl (C=O) groups is 1. The van der Waals surface area contributed by atoms with Crippen LogP contribution in [-0.2, 0) is 11.2 Å². The molecule has 1 aliphatic carbocycles. The number of imidazole rings is 1. The van der Waals surface area contributed by atoms with Crippen LogP contribution < -0.4 is 0 Å². The minimum absolute atomic E-state index is 0.492. The van der Waals surface area contributed by atoms with E-state index in [1.54, 1.807) is 23.2 Å². The van der Waals surface area contributed by atoms with E-state index in [9.17, 15) is 9.90 Å². The van der Waals surface area contributed by atoms with E-state index in [-0.39, 0.29) is 0 Å². The van der Waals surface area contributed by atoms with E-state index in [4.69, 9.17) is 5.26 Å². The normalized spacial score (nSPS) is 14.5. The Morgan fingerprint density at radius 2 is 2.35 bits per heavy atom. The van der Waals surface area contributed by atoms with Crippen LogP contribution in [0.5, 0.6) is 0 Å². The summed E-state index contributed by atoms with van der Waals surface area (Å²) >= 11 is 0. The summed E-state index contributed by atoms with van der Waals surface area (Å²) in [6.45, 7) is 1.85. The molecule has 23 heavy (non-hydrogen) atoms. The lowest BCUT2D eigenvalue weighted by molar-refractivity contribution is -0.141. The molecule has 3 rings (SSSR count). The van der Waals surface area contributed by atoms with E-state index in [0.717, 1.165) is 35.2 Å². The van der Waals surface area contributed by atoms with Crippen LogP contribution in [0.25, 0.3) is 5.57 Å². The van der Waals surface area contributed by atoms with Crippen molar-refractivity contribution in [3.8, 4) is 6.07 Å². The maximum absolute atomic E-state index is 11.5. The van der Waals surface area contributed by atoms with E-state index in [0.29, 0.717) is 12.0 Å². The van der Waals surface area contributed by atoms with E-state index in [1.807, 2.05) is 19.1 Å². The van der Waals surface area contributed by atoms with E-state index in [2.05, 4.69) is 17.1 Å². The summed E-state index contributed by atoms with van der Waals surface area (Å²) < 4.78 is 1.72. The van der Waals surface area contributed by atoms with E-state index < -0.39 is 12.0 Å². The predicted molar refractivity (Wildman–Crippen MR) is 85.7 cm³/mol. The molecule has 0 fully saturated rings. The standard InChI is InChI=1S/C18H17N3O2/c1-2-16(18(22)23)21-11-20-10-17(21)15-5-3-4-13-8-12(9-19)6-7-14(13)15/h5-8,10-11,16H,2-4H2,1H3,(H,22,23). The minimum atomic E-state index is -0.858. The number of rotatable bonds is 4. The smallest absolute Gasteiger partial charge is 0.326 e. The van der Waals surface area contributed by atoms with Crippen molar-refractivity contribution >= 4 is 11.5 Å². The number of allylic oxidation sites excluding steroid dienone is 1. The van der Waals surface area contributed by atoms with Crippen molar-refractivity contribution < 1.29 is 9.90 Å². The van der Waals surface area contributed by atoms with Crippen LogP contribution in [0.15, 0.2) is 36.8 Å². The first kappa shape index (κ1) is 15.0. The van der Waals surface area contributed by atoms with Crippen molar-refractivity contribution in [2.24, 2.45) is 0 Å². The molecule has 1 atom stereocenters. The van der Waals surface area contributed by atoms with Gasteiger partial charge in [0.15, 0.2) is 0 Å². The maximum Gasteiger partial charge on any atom is 0.326 e. The zero-order chi connectivity index (χ0) is 16.4. The highest BCUT2D eigenvalue weighted by Gasteiger charge is 2.23. The van der Waals surface area contributed by atoms with Gasteiger partial charge in [-0.3, -0.25) is 0 Å². The van der Waals surface area contributed by atoms with Crippen LogP contribution in [0.4, 0.5) is 0 Å². The first-order valence-electron chi connectivity index (χ1n) is 7.64. The van der Waals surface area contributed by atoms with Crippen molar-refractivity contribution in [3.05, 3.63) is 59.2 Å². The average Bonchev–Trinajstić information content (AvgIpc) is 3.03. The molecule has 1 aromatic carbocycles. The highest BCUT2D eigenvalue weighted by molar-refractivity contribution is 5.82. The molecule has 2 aromatic rings. The molecular weight excluding hydrogens is 290 g/mol. The number of nitrogens with zero attached hydrogens (tertiary/aromatic N) is 3.